The van der Waals surface area contributed by atoms with Crippen LogP contribution in [0, 0.1) is 5.92 Å². The predicted molar refractivity (Wildman–Crippen MR) is 45.1 cm³/mol. The minimum Gasteiger partial charge on any atom is -0.402 e. The molecule has 1 heterocycles. The summed E-state index contributed by atoms with van der Waals surface area (Å²) in [7, 11) is 0. The molecule has 14 heavy (non-hydrogen) atoms. The fourth-order valence-electron chi connectivity index (χ4n) is 1.29. The Hall–Kier alpha value is -1.20. The molecule has 0 aliphatic heterocycles. The van der Waals surface area contributed by atoms with Crippen LogP contribution in [0.3, 0.4) is 0 Å². The molecule has 0 amide bonds. The zero-order valence-electron chi connectivity index (χ0n) is 7.70. The van der Waals surface area contributed by atoms with Crippen LogP contribution in [0.4, 0.5) is 14.8 Å². The summed E-state index contributed by atoms with van der Waals surface area (Å²) >= 11 is 0. The van der Waals surface area contributed by atoms with Crippen LogP contribution in [0.25, 0.3) is 0 Å². The third-order valence-electron chi connectivity index (χ3n) is 2.31. The van der Waals surface area contributed by atoms with Gasteiger partial charge in [-0.15, -0.1) is 5.10 Å². The molecule has 1 aromatic heterocycles. The molecule has 1 saturated carbocycles. The maximum atomic E-state index is 12.1. The number of halogens is 2. The molecule has 1 atom stereocenters. The van der Waals surface area contributed by atoms with Crippen LogP contribution >= 0.6 is 0 Å². The summed E-state index contributed by atoms with van der Waals surface area (Å²) in [4.78, 5) is 0. The number of hydrogen-bond donors (Lipinski definition) is 1. The summed E-state index contributed by atoms with van der Waals surface area (Å²) in [6, 6.07) is 0.292. The summed E-state index contributed by atoms with van der Waals surface area (Å²) < 4.78 is 28.8. The van der Waals surface area contributed by atoms with Crippen LogP contribution in [-0.2, 0) is 0 Å². The van der Waals surface area contributed by atoms with Crippen LogP contribution in [-0.4, -0.2) is 16.2 Å². The van der Waals surface area contributed by atoms with E-state index in [1.54, 1.807) is 0 Å². The Morgan fingerprint density at radius 1 is 1.43 bits per heavy atom. The van der Waals surface area contributed by atoms with Crippen molar-refractivity contribution >= 4 is 6.01 Å². The molecular weight excluding hydrogens is 192 g/mol. The van der Waals surface area contributed by atoms with Crippen LogP contribution < -0.4 is 5.32 Å². The van der Waals surface area contributed by atoms with Crippen molar-refractivity contribution in [3.8, 4) is 0 Å². The number of rotatable bonds is 4. The Kier molecular flexibility index (Phi) is 2.35. The van der Waals surface area contributed by atoms with E-state index >= 15 is 0 Å². The molecule has 0 radical (unpaired) electrons. The molecule has 1 N–H and O–H groups in total. The number of aromatic nitrogens is 2. The highest BCUT2D eigenvalue weighted by Gasteiger charge is 2.29. The van der Waals surface area contributed by atoms with Crippen molar-refractivity contribution in [3.05, 3.63) is 5.89 Å². The molecule has 2 rings (SSSR count). The maximum absolute atomic E-state index is 12.1. The molecular formula is C8H11F2N3O. The molecule has 1 aliphatic carbocycles. The SMILES string of the molecule is CC(Nc1nnc(C(F)F)o1)C1CC1. The average molecular weight is 203 g/mol. The van der Waals surface area contributed by atoms with Gasteiger partial charge in [-0.25, -0.2) is 0 Å². The first-order chi connectivity index (χ1) is 6.66. The summed E-state index contributed by atoms with van der Waals surface area (Å²) in [6.07, 6.45) is -0.358. The monoisotopic (exact) mass is 203 g/mol. The molecule has 0 saturated heterocycles. The van der Waals surface area contributed by atoms with E-state index < -0.39 is 12.3 Å². The van der Waals surface area contributed by atoms with Crippen LogP contribution in [0.2, 0.25) is 0 Å². The molecule has 78 valence electrons. The van der Waals surface area contributed by atoms with E-state index in [1.165, 1.54) is 12.8 Å². The molecule has 1 fully saturated rings. The lowest BCUT2D eigenvalue weighted by Gasteiger charge is -2.08. The third kappa shape index (κ3) is 2.00. The summed E-state index contributed by atoms with van der Waals surface area (Å²) in [6.45, 7) is 1.98. The second-order valence-corrected chi connectivity index (χ2v) is 3.52. The lowest BCUT2D eigenvalue weighted by molar-refractivity contribution is 0.116. The van der Waals surface area contributed by atoms with Gasteiger partial charge < -0.3 is 9.73 Å². The fourth-order valence-corrected chi connectivity index (χ4v) is 1.29. The van der Waals surface area contributed by atoms with Crippen molar-refractivity contribution in [2.24, 2.45) is 5.92 Å². The Morgan fingerprint density at radius 2 is 2.14 bits per heavy atom. The van der Waals surface area contributed by atoms with E-state index in [9.17, 15) is 8.78 Å². The highest BCUT2D eigenvalue weighted by molar-refractivity contribution is 5.20. The first-order valence-electron chi connectivity index (χ1n) is 4.55. The van der Waals surface area contributed by atoms with Crippen LogP contribution in [0.15, 0.2) is 4.42 Å². The second kappa shape index (κ2) is 3.51. The highest BCUT2D eigenvalue weighted by atomic mass is 19.3. The highest BCUT2D eigenvalue weighted by Crippen LogP contribution is 2.33. The number of hydrogen-bond acceptors (Lipinski definition) is 4. The van der Waals surface area contributed by atoms with Crippen molar-refractivity contribution < 1.29 is 13.2 Å². The first-order valence-corrected chi connectivity index (χ1v) is 4.55. The largest absolute Gasteiger partial charge is 0.402 e. The maximum Gasteiger partial charge on any atom is 0.315 e. The molecule has 1 aromatic rings. The van der Waals surface area contributed by atoms with Crippen LogP contribution in [0.5, 0.6) is 0 Å². The average Bonchev–Trinajstić information content (AvgIpc) is 2.87. The van der Waals surface area contributed by atoms with E-state index in [0.717, 1.165) is 0 Å². The van der Waals surface area contributed by atoms with Gasteiger partial charge in [-0.3, -0.25) is 0 Å². The Balaban J connectivity index is 1.95. The van der Waals surface area contributed by atoms with E-state index in [1.807, 2.05) is 6.92 Å². The molecule has 0 spiro atoms. The van der Waals surface area contributed by atoms with E-state index in [0.29, 0.717) is 5.92 Å². The Bertz CT molecular complexity index is 311. The Morgan fingerprint density at radius 3 is 2.64 bits per heavy atom. The van der Waals surface area contributed by atoms with Crippen molar-refractivity contribution in [1.82, 2.24) is 10.2 Å². The van der Waals surface area contributed by atoms with E-state index in [-0.39, 0.29) is 12.1 Å². The van der Waals surface area contributed by atoms with Gasteiger partial charge >= 0.3 is 12.4 Å². The molecule has 0 aromatic carbocycles. The normalized spacial score (nSPS) is 18.6. The zero-order chi connectivity index (χ0) is 10.1. The van der Waals surface area contributed by atoms with Gasteiger partial charge in [0.25, 0.3) is 5.89 Å². The fraction of sp³-hybridized carbons (Fsp3) is 0.750. The second-order valence-electron chi connectivity index (χ2n) is 3.52. The summed E-state index contributed by atoms with van der Waals surface area (Å²) in [5.74, 6) is -0.0209. The lowest BCUT2D eigenvalue weighted by Crippen LogP contribution is -2.17. The van der Waals surface area contributed by atoms with Gasteiger partial charge in [-0.05, 0) is 25.7 Å². The van der Waals surface area contributed by atoms with E-state index in [4.69, 9.17) is 4.42 Å². The topological polar surface area (TPSA) is 51.0 Å². The van der Waals surface area contributed by atoms with Gasteiger partial charge in [0.05, 0.1) is 0 Å². The standard InChI is InChI=1S/C8H11F2N3O/c1-4(5-2-3-5)11-8-13-12-7(14-8)6(9)10/h4-6H,2-3H2,1H3,(H,11,13). The van der Waals surface area contributed by atoms with Crippen molar-refractivity contribution in [2.75, 3.05) is 5.32 Å². The predicted octanol–water partition coefficient (Wildman–Crippen LogP) is 2.22. The van der Waals surface area contributed by atoms with Crippen molar-refractivity contribution in [1.29, 1.82) is 0 Å². The van der Waals surface area contributed by atoms with Gasteiger partial charge in [0.1, 0.15) is 0 Å². The quantitative estimate of drug-likeness (QED) is 0.815. The number of alkyl halides is 2. The molecule has 1 aliphatic rings. The molecule has 4 nitrogen and oxygen atoms in total. The molecule has 0 bridgehead atoms. The number of anilines is 1. The van der Waals surface area contributed by atoms with Crippen LogP contribution in [0.1, 0.15) is 32.1 Å². The number of nitrogens with zero attached hydrogens (tertiary/aromatic N) is 2. The molecule has 6 heteroatoms. The van der Waals surface area contributed by atoms with Crippen molar-refractivity contribution in [2.45, 2.75) is 32.2 Å². The zero-order valence-corrected chi connectivity index (χ0v) is 7.70. The first kappa shape index (κ1) is 9.36. The van der Waals surface area contributed by atoms with Gasteiger partial charge in [-0.1, -0.05) is 5.10 Å². The van der Waals surface area contributed by atoms with Gasteiger partial charge in [0.2, 0.25) is 0 Å². The Labute approximate surface area is 79.7 Å². The number of nitrogens with one attached hydrogen (secondary N) is 1. The van der Waals surface area contributed by atoms with E-state index in [2.05, 4.69) is 15.5 Å². The minimum atomic E-state index is -2.70. The summed E-state index contributed by atoms with van der Waals surface area (Å²) in [5.41, 5.74) is 0. The van der Waals surface area contributed by atoms with Gasteiger partial charge in [0, 0.05) is 6.04 Å². The lowest BCUT2D eigenvalue weighted by atomic mass is 10.2. The third-order valence-corrected chi connectivity index (χ3v) is 2.31. The smallest absolute Gasteiger partial charge is 0.315 e. The minimum absolute atomic E-state index is 0.0831. The van der Waals surface area contributed by atoms with Gasteiger partial charge in [-0.2, -0.15) is 8.78 Å². The summed E-state index contributed by atoms with van der Waals surface area (Å²) in [5, 5.41) is 9.60. The molecule has 1 unspecified atom stereocenters. The van der Waals surface area contributed by atoms with Gasteiger partial charge in [0.15, 0.2) is 0 Å². The van der Waals surface area contributed by atoms with Crippen molar-refractivity contribution in [3.63, 3.8) is 0 Å².